The minimum Gasteiger partial charge on any atom is -0.455 e. The van der Waals surface area contributed by atoms with Crippen LogP contribution in [0.4, 0.5) is 5.69 Å². The van der Waals surface area contributed by atoms with Crippen LogP contribution in [-0.4, -0.2) is 0 Å². The van der Waals surface area contributed by atoms with E-state index in [1.54, 1.807) is 6.08 Å². The first-order valence-electron chi connectivity index (χ1n) is 5.59. The Kier molecular flexibility index (Phi) is 3.58. The maximum Gasteiger partial charge on any atom is 0.159 e. The number of hydrogen-bond donors (Lipinski definition) is 1. The van der Waals surface area contributed by atoms with E-state index in [0.29, 0.717) is 22.2 Å². The lowest BCUT2D eigenvalue weighted by Crippen LogP contribution is -1.97. The number of rotatable bonds is 3. The summed E-state index contributed by atoms with van der Waals surface area (Å²) in [6, 6.07) is 9.62. The monoisotopic (exact) mass is 259 g/mol. The Morgan fingerprint density at radius 2 is 2.11 bits per heavy atom. The second kappa shape index (κ2) is 5.15. The molecule has 0 saturated carbocycles. The molecule has 0 saturated heterocycles. The predicted molar refractivity (Wildman–Crippen MR) is 78.0 cm³/mol. The van der Waals surface area contributed by atoms with Crippen molar-refractivity contribution in [1.82, 2.24) is 0 Å². The van der Waals surface area contributed by atoms with Gasteiger partial charge in [0, 0.05) is 5.39 Å². The topological polar surface area (TPSA) is 35.2 Å². The largest absolute Gasteiger partial charge is 0.455 e. The molecule has 0 amide bonds. The van der Waals surface area contributed by atoms with Crippen molar-refractivity contribution >= 4 is 28.1 Å². The fourth-order valence-corrected chi connectivity index (χ4v) is 1.96. The number of fused-ring (bicyclic) bond motifs is 1. The van der Waals surface area contributed by atoms with Crippen molar-refractivity contribution in [3.8, 4) is 5.75 Å². The average molecular weight is 260 g/mol. The first kappa shape index (κ1) is 12.5. The molecule has 0 aliphatic rings. The number of allylic oxidation sites excluding steroid dienone is 2. The highest BCUT2D eigenvalue weighted by Crippen LogP contribution is 2.38. The molecule has 0 heterocycles. The lowest BCUT2D eigenvalue weighted by atomic mass is 10.1. The molecule has 3 heteroatoms. The van der Waals surface area contributed by atoms with Crippen LogP contribution in [0, 0.1) is 0 Å². The van der Waals surface area contributed by atoms with Crippen LogP contribution in [0.25, 0.3) is 10.8 Å². The molecule has 2 N–H and O–H groups in total. The Morgan fingerprint density at radius 3 is 2.83 bits per heavy atom. The summed E-state index contributed by atoms with van der Waals surface area (Å²) >= 11 is 6.10. The first-order chi connectivity index (χ1) is 8.63. The molecule has 2 rings (SSSR count). The van der Waals surface area contributed by atoms with Gasteiger partial charge in [-0.15, -0.1) is 0 Å². The van der Waals surface area contributed by atoms with Gasteiger partial charge in [-0.05, 0) is 24.5 Å². The first-order valence-corrected chi connectivity index (χ1v) is 5.97. The van der Waals surface area contributed by atoms with E-state index in [9.17, 15) is 0 Å². The molecule has 92 valence electrons. The molecule has 0 aliphatic carbocycles. The molecule has 2 aromatic rings. The molecule has 2 nitrogen and oxygen atoms in total. The molecule has 0 bridgehead atoms. The van der Waals surface area contributed by atoms with Gasteiger partial charge < -0.3 is 10.5 Å². The third-order valence-corrected chi connectivity index (χ3v) is 2.89. The van der Waals surface area contributed by atoms with Gasteiger partial charge >= 0.3 is 0 Å². The number of hydrogen-bond acceptors (Lipinski definition) is 2. The number of halogens is 1. The fraction of sp³-hybridized carbons (Fsp3) is 0.0667. The van der Waals surface area contributed by atoms with Crippen LogP contribution < -0.4 is 10.5 Å². The molecule has 0 radical (unpaired) electrons. The van der Waals surface area contributed by atoms with Crippen LogP contribution in [0.1, 0.15) is 6.92 Å². The molecule has 0 fully saturated rings. The van der Waals surface area contributed by atoms with E-state index < -0.39 is 0 Å². The molecule has 0 aromatic heterocycles. The van der Waals surface area contributed by atoms with Gasteiger partial charge in [0.1, 0.15) is 5.76 Å². The van der Waals surface area contributed by atoms with Crippen molar-refractivity contribution in [2.75, 3.05) is 5.73 Å². The van der Waals surface area contributed by atoms with E-state index in [0.717, 1.165) is 10.8 Å². The molecule has 0 aliphatic heterocycles. The average Bonchev–Trinajstić information content (AvgIpc) is 2.35. The summed E-state index contributed by atoms with van der Waals surface area (Å²) in [7, 11) is 0. The molecule has 0 spiro atoms. The number of benzene rings is 2. The summed E-state index contributed by atoms with van der Waals surface area (Å²) in [6.07, 6.45) is 3.63. The third-order valence-electron chi connectivity index (χ3n) is 2.58. The van der Waals surface area contributed by atoms with Crippen molar-refractivity contribution in [3.05, 3.63) is 59.8 Å². The van der Waals surface area contributed by atoms with Gasteiger partial charge in [0.25, 0.3) is 0 Å². The highest BCUT2D eigenvalue weighted by Gasteiger charge is 2.11. The summed E-state index contributed by atoms with van der Waals surface area (Å²) in [6.45, 7) is 5.71. The van der Waals surface area contributed by atoms with Gasteiger partial charge in [0.05, 0.1) is 10.7 Å². The van der Waals surface area contributed by atoms with Crippen LogP contribution in [0.2, 0.25) is 5.02 Å². The number of nitrogen functional groups attached to an aromatic ring is 1. The van der Waals surface area contributed by atoms with Gasteiger partial charge in [-0.2, -0.15) is 0 Å². The number of nitrogens with two attached hydrogens (primary N) is 1. The Morgan fingerprint density at radius 1 is 1.39 bits per heavy atom. The van der Waals surface area contributed by atoms with E-state index in [1.165, 1.54) is 0 Å². The van der Waals surface area contributed by atoms with Crippen molar-refractivity contribution < 1.29 is 4.74 Å². The van der Waals surface area contributed by atoms with Gasteiger partial charge in [-0.3, -0.25) is 0 Å². The van der Waals surface area contributed by atoms with Crippen LogP contribution in [0.15, 0.2) is 54.8 Å². The van der Waals surface area contributed by atoms with Crippen LogP contribution >= 0.6 is 11.6 Å². The zero-order chi connectivity index (χ0) is 13.1. The van der Waals surface area contributed by atoms with Gasteiger partial charge in [0.15, 0.2) is 5.75 Å². The van der Waals surface area contributed by atoms with Gasteiger partial charge in [-0.1, -0.05) is 48.5 Å². The maximum absolute atomic E-state index is 6.10. The highest BCUT2D eigenvalue weighted by molar-refractivity contribution is 6.34. The summed E-state index contributed by atoms with van der Waals surface area (Å²) in [5, 5.41) is 2.39. The van der Waals surface area contributed by atoms with Crippen LogP contribution in [0.3, 0.4) is 0 Å². The van der Waals surface area contributed by atoms with E-state index in [2.05, 4.69) is 6.58 Å². The van der Waals surface area contributed by atoms with Crippen molar-refractivity contribution in [2.45, 2.75) is 6.92 Å². The van der Waals surface area contributed by atoms with Crippen molar-refractivity contribution in [2.24, 2.45) is 0 Å². The second-order valence-electron chi connectivity index (χ2n) is 3.89. The van der Waals surface area contributed by atoms with Gasteiger partial charge in [0.2, 0.25) is 0 Å². The smallest absolute Gasteiger partial charge is 0.159 e. The van der Waals surface area contributed by atoms with E-state index in [1.807, 2.05) is 43.3 Å². The molecule has 0 unspecified atom stereocenters. The quantitative estimate of drug-likeness (QED) is 0.499. The maximum atomic E-state index is 6.10. The second-order valence-corrected chi connectivity index (χ2v) is 4.30. The van der Waals surface area contributed by atoms with E-state index in [4.69, 9.17) is 22.1 Å². The molecular weight excluding hydrogens is 246 g/mol. The third kappa shape index (κ3) is 2.34. The molecule has 18 heavy (non-hydrogen) atoms. The Bertz CT molecular complexity index is 632. The number of ether oxygens (including phenoxy) is 1. The molecular formula is C15H14ClNO. The Hall–Kier alpha value is -1.93. The SMILES string of the molecule is C=C(/C=C\C)Oc1c(N)c(Cl)cc2ccccc12. The summed E-state index contributed by atoms with van der Waals surface area (Å²) < 4.78 is 5.69. The zero-order valence-corrected chi connectivity index (χ0v) is 10.9. The minimum atomic E-state index is 0.431. The van der Waals surface area contributed by atoms with Crippen LogP contribution in [-0.2, 0) is 0 Å². The summed E-state index contributed by atoms with van der Waals surface area (Å²) in [5.41, 5.74) is 6.40. The molecule has 0 atom stereocenters. The predicted octanol–water partition coefficient (Wildman–Crippen LogP) is 4.54. The van der Waals surface area contributed by atoms with Crippen molar-refractivity contribution in [1.29, 1.82) is 0 Å². The minimum absolute atomic E-state index is 0.431. The number of anilines is 1. The standard InChI is InChI=1S/C15H14ClNO/c1-3-6-10(2)18-15-12-8-5-4-7-11(12)9-13(16)14(15)17/h3-9H,2,17H2,1H3/b6-3-. The van der Waals surface area contributed by atoms with E-state index in [-0.39, 0.29) is 0 Å². The van der Waals surface area contributed by atoms with E-state index >= 15 is 0 Å². The lowest BCUT2D eigenvalue weighted by molar-refractivity contribution is 0.454. The van der Waals surface area contributed by atoms with Crippen molar-refractivity contribution in [3.63, 3.8) is 0 Å². The summed E-state index contributed by atoms with van der Waals surface area (Å²) in [4.78, 5) is 0. The lowest BCUT2D eigenvalue weighted by Gasteiger charge is -2.13. The normalized spacial score (nSPS) is 11.0. The summed E-state index contributed by atoms with van der Waals surface area (Å²) in [5.74, 6) is 1.08. The highest BCUT2D eigenvalue weighted by atomic mass is 35.5. The zero-order valence-electron chi connectivity index (χ0n) is 10.1. The van der Waals surface area contributed by atoms with Gasteiger partial charge in [-0.25, -0.2) is 0 Å². The Balaban J connectivity index is 2.60. The molecule has 2 aromatic carbocycles. The fourth-order valence-electron chi connectivity index (χ4n) is 1.76. The van der Waals surface area contributed by atoms with Crippen LogP contribution in [0.5, 0.6) is 5.75 Å². The Labute approximate surface area is 111 Å².